The summed E-state index contributed by atoms with van der Waals surface area (Å²) in [6.45, 7) is 1.39. The molecule has 0 aliphatic carbocycles. The van der Waals surface area contributed by atoms with Crippen LogP contribution in [0.15, 0.2) is 47.3 Å². The number of anilines is 1. The molecule has 1 atom stereocenters. The van der Waals surface area contributed by atoms with Crippen LogP contribution in [-0.2, 0) is 11.3 Å². The zero-order chi connectivity index (χ0) is 19.6. The second kappa shape index (κ2) is 8.18. The predicted octanol–water partition coefficient (Wildman–Crippen LogP) is 5.69. The van der Waals surface area contributed by atoms with Gasteiger partial charge in [0.2, 0.25) is 0 Å². The van der Waals surface area contributed by atoms with Crippen molar-refractivity contribution in [3.05, 3.63) is 58.1 Å². The van der Waals surface area contributed by atoms with Crippen LogP contribution in [0.25, 0.3) is 21.3 Å². The van der Waals surface area contributed by atoms with Gasteiger partial charge in [-0.25, -0.2) is 15.0 Å². The van der Waals surface area contributed by atoms with Gasteiger partial charge in [0.25, 0.3) is 0 Å². The number of hydrogen-bond donors (Lipinski definition) is 0. The van der Waals surface area contributed by atoms with Crippen molar-refractivity contribution >= 4 is 38.7 Å². The Hall–Kier alpha value is -2.35. The quantitative estimate of drug-likeness (QED) is 0.413. The highest BCUT2D eigenvalue weighted by molar-refractivity contribution is 7.17. The van der Waals surface area contributed by atoms with E-state index in [0.29, 0.717) is 6.61 Å². The number of fused-ring (bicyclic) bond motifs is 1. The van der Waals surface area contributed by atoms with Crippen LogP contribution in [0.1, 0.15) is 36.1 Å². The normalized spacial score (nSPS) is 17.1. The average molecular weight is 423 g/mol. The molecule has 1 saturated heterocycles. The third-order valence-electron chi connectivity index (χ3n) is 5.33. The predicted molar refractivity (Wildman–Crippen MR) is 120 cm³/mol. The molecule has 1 aliphatic rings. The van der Waals surface area contributed by atoms with Crippen LogP contribution in [0.3, 0.4) is 0 Å². The maximum absolute atomic E-state index is 5.36. The summed E-state index contributed by atoms with van der Waals surface area (Å²) in [5, 5.41) is 6.58. The zero-order valence-corrected chi connectivity index (χ0v) is 17.9. The van der Waals surface area contributed by atoms with Crippen molar-refractivity contribution in [2.24, 2.45) is 0 Å². The largest absolute Gasteiger partial charge is 0.377 e. The maximum Gasteiger partial charge on any atom is 0.158 e. The molecular weight excluding hydrogens is 400 g/mol. The van der Waals surface area contributed by atoms with Crippen LogP contribution in [0, 0.1) is 0 Å². The molecule has 1 unspecified atom stereocenters. The topological polar surface area (TPSA) is 51.1 Å². The first-order valence-corrected chi connectivity index (χ1v) is 11.6. The average Bonchev–Trinajstić information content (AvgIpc) is 3.44. The Morgan fingerprint density at radius 1 is 1.14 bits per heavy atom. The van der Waals surface area contributed by atoms with Crippen molar-refractivity contribution in [3.8, 4) is 11.1 Å². The van der Waals surface area contributed by atoms with E-state index >= 15 is 0 Å². The summed E-state index contributed by atoms with van der Waals surface area (Å²) in [7, 11) is 1.69. The molecule has 0 spiro atoms. The molecule has 5 nitrogen and oxygen atoms in total. The molecule has 7 heteroatoms. The summed E-state index contributed by atoms with van der Waals surface area (Å²) >= 11 is 3.41. The van der Waals surface area contributed by atoms with Gasteiger partial charge in [-0.05, 0) is 24.8 Å². The van der Waals surface area contributed by atoms with Gasteiger partial charge in [-0.3, -0.25) is 0 Å². The Bertz CT molecular complexity index is 1090. The van der Waals surface area contributed by atoms with Gasteiger partial charge in [-0.1, -0.05) is 30.3 Å². The molecule has 0 bridgehead atoms. The number of piperidine rings is 1. The van der Waals surface area contributed by atoms with Gasteiger partial charge in [0.05, 0.1) is 11.4 Å². The minimum Gasteiger partial charge on any atom is -0.377 e. The van der Waals surface area contributed by atoms with E-state index in [9.17, 15) is 0 Å². The Labute approximate surface area is 178 Å². The SMILES string of the molecule is COCc1nc(N2CCCCC2c2nccs2)c2c(-c3ccccc3)csc2n1. The Morgan fingerprint density at radius 2 is 2.03 bits per heavy atom. The molecule has 4 aromatic rings. The highest BCUT2D eigenvalue weighted by Crippen LogP contribution is 2.43. The molecule has 0 radical (unpaired) electrons. The summed E-state index contributed by atoms with van der Waals surface area (Å²) in [4.78, 5) is 17.9. The van der Waals surface area contributed by atoms with E-state index in [1.165, 1.54) is 22.6 Å². The minimum absolute atomic E-state index is 0.265. The number of thiophene rings is 1. The van der Waals surface area contributed by atoms with Gasteiger partial charge in [0.1, 0.15) is 22.3 Å². The van der Waals surface area contributed by atoms with Gasteiger partial charge in [-0.2, -0.15) is 0 Å². The lowest BCUT2D eigenvalue weighted by Gasteiger charge is -2.36. The Balaban J connectivity index is 1.70. The van der Waals surface area contributed by atoms with E-state index in [1.54, 1.807) is 29.8 Å². The van der Waals surface area contributed by atoms with Gasteiger partial charge in [-0.15, -0.1) is 22.7 Å². The molecule has 4 heterocycles. The van der Waals surface area contributed by atoms with Gasteiger partial charge >= 0.3 is 0 Å². The van der Waals surface area contributed by atoms with E-state index < -0.39 is 0 Å². The summed E-state index contributed by atoms with van der Waals surface area (Å²) in [5.74, 6) is 1.75. The standard InChI is InChI=1S/C22H22N4OS2/c1-27-13-18-24-20(26-11-6-5-9-17(26)21-23-10-12-28-21)19-16(14-29-22(19)25-18)15-7-3-2-4-8-15/h2-4,7-8,10,12,14,17H,5-6,9,11,13H2,1H3. The van der Waals surface area contributed by atoms with Gasteiger partial charge < -0.3 is 9.64 Å². The fraction of sp³-hybridized carbons (Fsp3) is 0.318. The molecule has 0 saturated carbocycles. The van der Waals surface area contributed by atoms with Crippen molar-refractivity contribution in [3.63, 3.8) is 0 Å². The van der Waals surface area contributed by atoms with Gasteiger partial charge in [0.15, 0.2) is 5.82 Å². The highest BCUT2D eigenvalue weighted by Gasteiger charge is 2.30. The lowest BCUT2D eigenvalue weighted by Crippen LogP contribution is -2.34. The minimum atomic E-state index is 0.265. The van der Waals surface area contributed by atoms with Crippen LogP contribution in [-0.4, -0.2) is 28.6 Å². The Kier molecular flexibility index (Phi) is 5.26. The second-order valence-corrected chi connectivity index (χ2v) is 8.95. The highest BCUT2D eigenvalue weighted by atomic mass is 32.1. The van der Waals surface area contributed by atoms with E-state index in [4.69, 9.17) is 14.7 Å². The zero-order valence-electron chi connectivity index (χ0n) is 16.2. The third-order valence-corrected chi connectivity index (χ3v) is 7.08. The van der Waals surface area contributed by atoms with Gasteiger partial charge in [0, 0.05) is 36.2 Å². The van der Waals surface area contributed by atoms with E-state index in [2.05, 4.69) is 51.0 Å². The van der Waals surface area contributed by atoms with Crippen molar-refractivity contribution in [1.82, 2.24) is 15.0 Å². The molecular formula is C22H22N4OS2. The number of benzene rings is 1. The van der Waals surface area contributed by atoms with Crippen LogP contribution in [0.4, 0.5) is 5.82 Å². The first-order chi connectivity index (χ1) is 14.3. The van der Waals surface area contributed by atoms with Crippen LogP contribution in [0.5, 0.6) is 0 Å². The molecule has 0 amide bonds. The number of ether oxygens (including phenoxy) is 1. The number of aromatic nitrogens is 3. The first kappa shape index (κ1) is 18.7. The van der Waals surface area contributed by atoms with Crippen molar-refractivity contribution < 1.29 is 4.74 Å². The van der Waals surface area contributed by atoms with Crippen molar-refractivity contribution in [2.75, 3.05) is 18.6 Å². The van der Waals surface area contributed by atoms with Crippen LogP contribution < -0.4 is 4.90 Å². The molecule has 1 aliphatic heterocycles. The first-order valence-electron chi connectivity index (χ1n) is 9.83. The lowest BCUT2D eigenvalue weighted by atomic mass is 10.0. The maximum atomic E-state index is 5.36. The second-order valence-electron chi connectivity index (χ2n) is 7.17. The molecule has 1 fully saturated rings. The molecule has 5 rings (SSSR count). The number of hydrogen-bond acceptors (Lipinski definition) is 7. The molecule has 3 aromatic heterocycles. The summed E-state index contributed by atoms with van der Waals surface area (Å²) < 4.78 is 5.36. The molecule has 148 valence electrons. The number of nitrogens with zero attached hydrogens (tertiary/aromatic N) is 4. The monoisotopic (exact) mass is 422 g/mol. The molecule has 29 heavy (non-hydrogen) atoms. The fourth-order valence-electron chi connectivity index (χ4n) is 4.04. The number of thiazole rings is 1. The van der Waals surface area contributed by atoms with E-state index in [-0.39, 0.29) is 6.04 Å². The summed E-state index contributed by atoms with van der Waals surface area (Å²) in [5.41, 5.74) is 2.40. The van der Waals surface area contributed by atoms with Crippen molar-refractivity contribution in [2.45, 2.75) is 31.9 Å². The number of rotatable bonds is 5. The van der Waals surface area contributed by atoms with E-state index in [1.807, 2.05) is 6.20 Å². The van der Waals surface area contributed by atoms with Crippen LogP contribution >= 0.6 is 22.7 Å². The summed E-state index contributed by atoms with van der Waals surface area (Å²) in [6.07, 6.45) is 5.38. The summed E-state index contributed by atoms with van der Waals surface area (Å²) in [6, 6.07) is 10.8. The lowest BCUT2D eigenvalue weighted by molar-refractivity contribution is 0.178. The fourth-order valence-corrected chi connectivity index (χ4v) is 5.78. The number of methoxy groups -OCH3 is 1. The van der Waals surface area contributed by atoms with Crippen LogP contribution in [0.2, 0.25) is 0 Å². The molecule has 0 N–H and O–H groups in total. The Morgan fingerprint density at radius 3 is 2.83 bits per heavy atom. The van der Waals surface area contributed by atoms with E-state index in [0.717, 1.165) is 41.2 Å². The van der Waals surface area contributed by atoms with Crippen molar-refractivity contribution in [1.29, 1.82) is 0 Å². The smallest absolute Gasteiger partial charge is 0.158 e. The third kappa shape index (κ3) is 3.54. The molecule has 1 aromatic carbocycles.